The van der Waals surface area contributed by atoms with Crippen LogP contribution >= 0.6 is 7.82 Å². The summed E-state index contributed by atoms with van der Waals surface area (Å²) >= 11 is 0. The van der Waals surface area contributed by atoms with Gasteiger partial charge in [0.15, 0.2) is 0 Å². The van der Waals surface area contributed by atoms with Crippen LogP contribution < -0.4 is 14.8 Å². The quantitative estimate of drug-likeness (QED) is 0.116. The summed E-state index contributed by atoms with van der Waals surface area (Å²) < 4.78 is 126. The number of cyclic esters (lactones) is 1. The number of alkyl halides is 6. The minimum atomic E-state index is -4.82. The first-order valence-corrected chi connectivity index (χ1v) is 18.0. The molecule has 1 N–H and O–H groups in total. The smallest absolute Gasteiger partial charge is 0.493 e. The Hall–Kier alpha value is -3.00. The van der Waals surface area contributed by atoms with Gasteiger partial charge in [0.2, 0.25) is 0 Å². The van der Waals surface area contributed by atoms with Crippen LogP contribution in [0.15, 0.2) is 42.5 Å². The zero-order valence-electron chi connectivity index (χ0n) is 30.2. The molecule has 0 spiro atoms. The topological polar surface area (TPSA) is 102 Å². The van der Waals surface area contributed by atoms with E-state index in [4.69, 9.17) is 23.0 Å². The molecule has 1 heterocycles. The first-order valence-electron chi connectivity index (χ1n) is 16.5. The van der Waals surface area contributed by atoms with Gasteiger partial charge in [0.05, 0.1) is 35.5 Å². The first-order chi connectivity index (χ1) is 23.2. The molecule has 0 radical (unpaired) electrons. The van der Waals surface area contributed by atoms with Crippen LogP contribution in [-0.2, 0) is 41.9 Å². The molecule has 1 fully saturated rings. The molecular weight excluding hydrogens is 707 g/mol. The molecule has 1 unspecified atom stereocenters. The lowest BCUT2D eigenvalue weighted by Crippen LogP contribution is -2.51. The van der Waals surface area contributed by atoms with Crippen molar-refractivity contribution in [3.05, 3.63) is 59.2 Å². The van der Waals surface area contributed by atoms with Crippen LogP contribution in [0.3, 0.4) is 0 Å². The number of carbonyl (C=O) groups excluding carboxylic acids is 1. The highest BCUT2D eigenvalue weighted by atomic mass is 31.2. The number of carbonyl (C=O) groups is 1. The lowest BCUT2D eigenvalue weighted by molar-refractivity contribution is -0.274. The molecule has 2 aromatic carbocycles. The summed E-state index contributed by atoms with van der Waals surface area (Å²) in [6.45, 7) is 13.1. The van der Waals surface area contributed by atoms with Gasteiger partial charge >= 0.3 is 26.5 Å². The van der Waals surface area contributed by atoms with Gasteiger partial charge in [-0.2, -0.15) is 13.2 Å². The number of hydrogen-bond donors (Lipinski definition) is 1. The molecule has 9 nitrogen and oxygen atoms in total. The summed E-state index contributed by atoms with van der Waals surface area (Å²) in [4.78, 5) is 12.9. The third-order valence-electron chi connectivity index (χ3n) is 7.48. The number of hydrogen-bond acceptors (Lipinski definition) is 8. The van der Waals surface area contributed by atoms with Gasteiger partial charge in [-0.15, -0.1) is 13.2 Å². The standard InChI is InChI=1S/C35H48F6NO8P/c1-30(2,3)49-51(44,50-31(4,5)6)46-23-33(20-19-32(7,8)48-29(43)42-33)18-17-25-13-16-28(27(22-25)34(36,37)38)45-21-9-10-24-11-14-26(15-12-24)47-35(39,40)41/h11-16,22H,9-10,17-21,23H2,1-8H3,(H,42,43). The predicted molar refractivity (Wildman–Crippen MR) is 178 cm³/mol. The maximum absolute atomic E-state index is 14.2. The molecule has 51 heavy (non-hydrogen) atoms. The highest BCUT2D eigenvalue weighted by Gasteiger charge is 2.45. The Morgan fingerprint density at radius 2 is 1.43 bits per heavy atom. The van der Waals surface area contributed by atoms with Gasteiger partial charge in [-0.1, -0.05) is 18.2 Å². The van der Waals surface area contributed by atoms with Crippen molar-refractivity contribution in [2.24, 2.45) is 0 Å². The molecule has 288 valence electrons. The second-order valence-electron chi connectivity index (χ2n) is 15.2. The minimum absolute atomic E-state index is 0.0615. The van der Waals surface area contributed by atoms with Crippen molar-refractivity contribution in [1.29, 1.82) is 0 Å². The number of benzene rings is 2. The second kappa shape index (κ2) is 15.9. The van der Waals surface area contributed by atoms with E-state index in [-0.39, 0.29) is 44.0 Å². The summed E-state index contributed by atoms with van der Waals surface area (Å²) in [6, 6.07) is 8.90. The Morgan fingerprint density at radius 3 is 1.98 bits per heavy atom. The zero-order chi connectivity index (χ0) is 38.5. The van der Waals surface area contributed by atoms with Crippen LogP contribution in [0.4, 0.5) is 31.1 Å². The molecule has 1 aliphatic rings. The molecule has 1 amide bonds. The van der Waals surface area contributed by atoms with E-state index in [1.54, 1.807) is 55.4 Å². The molecule has 0 bridgehead atoms. The van der Waals surface area contributed by atoms with Gasteiger partial charge in [-0.25, -0.2) is 9.36 Å². The maximum atomic E-state index is 14.2. The first kappa shape index (κ1) is 42.4. The highest BCUT2D eigenvalue weighted by molar-refractivity contribution is 7.48. The fraction of sp³-hybridized carbons (Fsp3) is 0.629. The molecule has 0 aliphatic carbocycles. The van der Waals surface area contributed by atoms with Crippen molar-refractivity contribution in [2.75, 3.05) is 13.2 Å². The summed E-state index contributed by atoms with van der Waals surface area (Å²) in [7, 11) is -4.22. The van der Waals surface area contributed by atoms with E-state index in [1.165, 1.54) is 24.3 Å². The molecule has 2 aromatic rings. The fourth-order valence-electron chi connectivity index (χ4n) is 5.24. The van der Waals surface area contributed by atoms with Gasteiger partial charge in [0, 0.05) is 0 Å². The van der Waals surface area contributed by atoms with Crippen LogP contribution in [0.1, 0.15) is 97.8 Å². The van der Waals surface area contributed by atoms with E-state index in [1.807, 2.05) is 0 Å². The molecule has 16 heteroatoms. The number of phosphoric acid groups is 1. The van der Waals surface area contributed by atoms with Gasteiger partial charge < -0.3 is 19.5 Å². The van der Waals surface area contributed by atoms with E-state index in [0.29, 0.717) is 30.4 Å². The third-order valence-corrected chi connectivity index (χ3v) is 9.47. The van der Waals surface area contributed by atoms with Crippen LogP contribution in [0.2, 0.25) is 0 Å². The number of amides is 1. The highest BCUT2D eigenvalue weighted by Crippen LogP contribution is 2.56. The molecule has 3 rings (SSSR count). The van der Waals surface area contributed by atoms with E-state index >= 15 is 0 Å². The average molecular weight is 756 g/mol. The molecule has 0 aromatic heterocycles. The van der Waals surface area contributed by atoms with E-state index in [0.717, 1.165) is 18.2 Å². The Balaban J connectivity index is 1.77. The average Bonchev–Trinajstić information content (AvgIpc) is 3.05. The number of aryl methyl sites for hydroxylation is 2. The van der Waals surface area contributed by atoms with Crippen molar-refractivity contribution in [3.63, 3.8) is 0 Å². The van der Waals surface area contributed by atoms with Gasteiger partial charge in [0.1, 0.15) is 17.1 Å². The Labute approximate surface area is 295 Å². The molecule has 1 atom stereocenters. The van der Waals surface area contributed by atoms with Gasteiger partial charge in [-0.3, -0.25) is 13.6 Å². The Morgan fingerprint density at radius 1 is 0.843 bits per heavy atom. The van der Waals surface area contributed by atoms with E-state index < -0.39 is 54.4 Å². The van der Waals surface area contributed by atoms with Crippen molar-refractivity contribution in [1.82, 2.24) is 5.32 Å². The maximum Gasteiger partial charge on any atom is 0.573 e. The monoisotopic (exact) mass is 755 g/mol. The molecule has 0 saturated carbocycles. The Bertz CT molecular complexity index is 1500. The zero-order valence-corrected chi connectivity index (χ0v) is 31.1. The summed E-state index contributed by atoms with van der Waals surface area (Å²) in [5, 5.41) is 2.81. The third kappa shape index (κ3) is 14.9. The van der Waals surface area contributed by atoms with Crippen molar-refractivity contribution >= 4 is 13.9 Å². The second-order valence-corrected chi connectivity index (χ2v) is 16.7. The summed E-state index contributed by atoms with van der Waals surface area (Å²) in [5.74, 6) is -0.755. The Kier molecular flexibility index (Phi) is 13.3. The van der Waals surface area contributed by atoms with Gasteiger partial charge in [-0.05, 0) is 129 Å². The normalized spacial score (nSPS) is 18.8. The lowest BCUT2D eigenvalue weighted by Gasteiger charge is -2.36. The van der Waals surface area contributed by atoms with Crippen LogP contribution in [0, 0.1) is 0 Å². The van der Waals surface area contributed by atoms with Crippen molar-refractivity contribution < 1.29 is 63.5 Å². The SMILES string of the molecule is CC(C)(C)OP(=O)(OCC1(CCc2ccc(OCCCc3ccc(OC(F)(F)F)cc3)c(C(F)(F)F)c2)CCC(C)(C)OC(=O)N1)OC(C)(C)C. The van der Waals surface area contributed by atoms with E-state index in [2.05, 4.69) is 10.1 Å². The summed E-state index contributed by atoms with van der Waals surface area (Å²) in [5.41, 5.74) is -3.96. The number of ether oxygens (including phenoxy) is 3. The fourth-order valence-corrected chi connectivity index (χ4v) is 7.13. The molecule has 1 saturated heterocycles. The largest absolute Gasteiger partial charge is 0.573 e. The number of rotatable bonds is 14. The van der Waals surface area contributed by atoms with Gasteiger partial charge in [0.25, 0.3) is 0 Å². The van der Waals surface area contributed by atoms with E-state index in [9.17, 15) is 35.7 Å². The predicted octanol–water partition coefficient (Wildman–Crippen LogP) is 10.3. The lowest BCUT2D eigenvalue weighted by atomic mass is 9.84. The van der Waals surface area contributed by atoms with Crippen LogP contribution in [0.5, 0.6) is 11.5 Å². The molecular formula is C35H48F6NO8P. The van der Waals surface area contributed by atoms with Crippen molar-refractivity contribution in [2.45, 2.75) is 129 Å². The number of halogens is 6. The van der Waals surface area contributed by atoms with Crippen LogP contribution in [-0.4, -0.2) is 48.0 Å². The van der Waals surface area contributed by atoms with Crippen LogP contribution in [0.25, 0.3) is 0 Å². The number of nitrogens with one attached hydrogen (secondary N) is 1. The summed E-state index contributed by atoms with van der Waals surface area (Å²) in [6.07, 6.45) is -8.89. The molecule has 1 aliphatic heterocycles. The number of alkyl carbamates (subject to hydrolysis) is 1. The minimum Gasteiger partial charge on any atom is -0.493 e. The number of phosphoric ester groups is 1. The van der Waals surface area contributed by atoms with Crippen molar-refractivity contribution in [3.8, 4) is 11.5 Å².